The Hall–Kier alpha value is -0.900. The molecule has 1 aliphatic rings. The summed E-state index contributed by atoms with van der Waals surface area (Å²) < 4.78 is 5.58. The standard InChI is InChI=1S/C17H28N2O/c1-14(2)18-11-15-5-7-16(8-6-15)12-19-9-10-20-13-17(19,3)4/h5-8,14,18H,9-13H2,1-4H3. The van der Waals surface area contributed by atoms with Gasteiger partial charge in [-0.1, -0.05) is 38.1 Å². The van der Waals surface area contributed by atoms with Crippen LogP contribution >= 0.6 is 0 Å². The minimum Gasteiger partial charge on any atom is -0.378 e. The van der Waals surface area contributed by atoms with Crippen molar-refractivity contribution in [3.63, 3.8) is 0 Å². The highest BCUT2D eigenvalue weighted by Crippen LogP contribution is 2.21. The number of morpholine rings is 1. The zero-order chi connectivity index (χ0) is 14.6. The summed E-state index contributed by atoms with van der Waals surface area (Å²) in [6.45, 7) is 13.5. The largest absolute Gasteiger partial charge is 0.378 e. The maximum Gasteiger partial charge on any atom is 0.0645 e. The lowest BCUT2D eigenvalue weighted by Crippen LogP contribution is -2.52. The first kappa shape index (κ1) is 15.5. The number of nitrogens with one attached hydrogen (secondary N) is 1. The molecule has 0 aromatic heterocycles. The second kappa shape index (κ2) is 6.70. The first-order valence-electron chi connectivity index (χ1n) is 7.61. The normalized spacial score (nSPS) is 19.4. The van der Waals surface area contributed by atoms with E-state index >= 15 is 0 Å². The summed E-state index contributed by atoms with van der Waals surface area (Å²) in [6, 6.07) is 9.51. The molecule has 3 heteroatoms. The zero-order valence-electron chi connectivity index (χ0n) is 13.3. The van der Waals surface area contributed by atoms with Crippen molar-refractivity contribution in [2.24, 2.45) is 0 Å². The Morgan fingerprint density at radius 2 is 1.85 bits per heavy atom. The van der Waals surface area contributed by atoms with Crippen LogP contribution in [0.4, 0.5) is 0 Å². The Morgan fingerprint density at radius 3 is 2.45 bits per heavy atom. The quantitative estimate of drug-likeness (QED) is 0.895. The van der Waals surface area contributed by atoms with E-state index in [1.54, 1.807) is 0 Å². The highest BCUT2D eigenvalue weighted by atomic mass is 16.5. The van der Waals surface area contributed by atoms with Gasteiger partial charge in [-0.05, 0) is 25.0 Å². The van der Waals surface area contributed by atoms with Crippen molar-refractivity contribution in [2.75, 3.05) is 19.8 Å². The number of ether oxygens (including phenoxy) is 1. The van der Waals surface area contributed by atoms with Crippen LogP contribution in [0.25, 0.3) is 0 Å². The summed E-state index contributed by atoms with van der Waals surface area (Å²) in [5, 5.41) is 3.45. The Bertz CT molecular complexity index is 412. The molecule has 0 amide bonds. The van der Waals surface area contributed by atoms with Crippen molar-refractivity contribution in [3.8, 4) is 0 Å². The topological polar surface area (TPSA) is 24.5 Å². The van der Waals surface area contributed by atoms with E-state index in [0.29, 0.717) is 6.04 Å². The summed E-state index contributed by atoms with van der Waals surface area (Å²) in [5.74, 6) is 0. The van der Waals surface area contributed by atoms with Gasteiger partial charge in [0, 0.05) is 31.2 Å². The van der Waals surface area contributed by atoms with Gasteiger partial charge in [-0.2, -0.15) is 0 Å². The molecule has 1 N–H and O–H groups in total. The van der Waals surface area contributed by atoms with Crippen LogP contribution in [0.15, 0.2) is 24.3 Å². The van der Waals surface area contributed by atoms with Crippen LogP contribution in [0.5, 0.6) is 0 Å². The molecule has 0 bridgehead atoms. The third-order valence-corrected chi connectivity index (χ3v) is 3.93. The second-order valence-corrected chi connectivity index (χ2v) is 6.64. The van der Waals surface area contributed by atoms with Crippen molar-refractivity contribution in [3.05, 3.63) is 35.4 Å². The number of nitrogens with zero attached hydrogens (tertiary/aromatic N) is 1. The lowest BCUT2D eigenvalue weighted by atomic mass is 10.0. The average molecular weight is 276 g/mol. The molecule has 0 saturated carbocycles. The maximum absolute atomic E-state index is 5.58. The molecule has 1 aromatic carbocycles. The fraction of sp³-hybridized carbons (Fsp3) is 0.647. The molecule has 0 radical (unpaired) electrons. The molecular formula is C17H28N2O. The lowest BCUT2D eigenvalue weighted by molar-refractivity contribution is -0.0552. The van der Waals surface area contributed by atoms with E-state index in [2.05, 4.69) is 62.2 Å². The molecule has 0 atom stereocenters. The smallest absolute Gasteiger partial charge is 0.0645 e. The van der Waals surface area contributed by atoms with Crippen molar-refractivity contribution in [2.45, 2.75) is 52.4 Å². The Morgan fingerprint density at radius 1 is 1.20 bits per heavy atom. The van der Waals surface area contributed by atoms with Crippen LogP contribution in [0.3, 0.4) is 0 Å². The van der Waals surface area contributed by atoms with E-state index in [1.807, 2.05) is 0 Å². The van der Waals surface area contributed by atoms with E-state index in [9.17, 15) is 0 Å². The van der Waals surface area contributed by atoms with E-state index in [1.165, 1.54) is 11.1 Å². The van der Waals surface area contributed by atoms with E-state index < -0.39 is 0 Å². The molecule has 112 valence electrons. The average Bonchev–Trinajstić information content (AvgIpc) is 2.40. The molecule has 2 rings (SSSR count). The van der Waals surface area contributed by atoms with Gasteiger partial charge in [0.25, 0.3) is 0 Å². The van der Waals surface area contributed by atoms with Gasteiger partial charge in [0.05, 0.1) is 13.2 Å². The molecule has 20 heavy (non-hydrogen) atoms. The first-order chi connectivity index (χ1) is 9.47. The Labute approximate surface area is 123 Å². The number of rotatable bonds is 5. The predicted molar refractivity (Wildman–Crippen MR) is 83.7 cm³/mol. The van der Waals surface area contributed by atoms with Gasteiger partial charge in [0.2, 0.25) is 0 Å². The number of hydrogen-bond acceptors (Lipinski definition) is 3. The summed E-state index contributed by atoms with van der Waals surface area (Å²) in [5.41, 5.74) is 2.87. The molecule has 0 spiro atoms. The monoisotopic (exact) mass is 276 g/mol. The molecule has 1 fully saturated rings. The van der Waals surface area contributed by atoms with Gasteiger partial charge in [0.15, 0.2) is 0 Å². The molecule has 3 nitrogen and oxygen atoms in total. The predicted octanol–water partition coefficient (Wildman–Crippen LogP) is 2.80. The fourth-order valence-corrected chi connectivity index (χ4v) is 2.49. The van der Waals surface area contributed by atoms with Crippen LogP contribution < -0.4 is 5.32 Å². The number of benzene rings is 1. The molecule has 1 aliphatic heterocycles. The third kappa shape index (κ3) is 4.30. The fourth-order valence-electron chi connectivity index (χ4n) is 2.49. The van der Waals surface area contributed by atoms with Gasteiger partial charge in [-0.15, -0.1) is 0 Å². The molecular weight excluding hydrogens is 248 g/mol. The molecule has 1 saturated heterocycles. The van der Waals surface area contributed by atoms with Crippen molar-refractivity contribution in [1.29, 1.82) is 0 Å². The minimum atomic E-state index is 0.135. The van der Waals surface area contributed by atoms with Crippen LogP contribution in [-0.2, 0) is 17.8 Å². The second-order valence-electron chi connectivity index (χ2n) is 6.64. The van der Waals surface area contributed by atoms with Crippen molar-refractivity contribution in [1.82, 2.24) is 10.2 Å². The summed E-state index contributed by atoms with van der Waals surface area (Å²) in [4.78, 5) is 2.51. The van der Waals surface area contributed by atoms with Crippen LogP contribution in [-0.4, -0.2) is 36.2 Å². The highest BCUT2D eigenvalue weighted by molar-refractivity contribution is 5.22. The van der Waals surface area contributed by atoms with Crippen molar-refractivity contribution >= 4 is 0 Å². The van der Waals surface area contributed by atoms with Gasteiger partial charge in [-0.3, -0.25) is 4.90 Å². The summed E-state index contributed by atoms with van der Waals surface area (Å²) in [7, 11) is 0. The summed E-state index contributed by atoms with van der Waals surface area (Å²) >= 11 is 0. The maximum atomic E-state index is 5.58. The molecule has 0 unspecified atom stereocenters. The van der Waals surface area contributed by atoms with E-state index in [0.717, 1.165) is 32.8 Å². The zero-order valence-corrected chi connectivity index (χ0v) is 13.3. The van der Waals surface area contributed by atoms with Gasteiger partial charge < -0.3 is 10.1 Å². The minimum absolute atomic E-state index is 0.135. The third-order valence-electron chi connectivity index (χ3n) is 3.93. The highest BCUT2D eigenvalue weighted by Gasteiger charge is 2.30. The van der Waals surface area contributed by atoms with Gasteiger partial charge in [0.1, 0.15) is 0 Å². The molecule has 1 heterocycles. The van der Waals surface area contributed by atoms with E-state index in [-0.39, 0.29) is 5.54 Å². The van der Waals surface area contributed by atoms with Crippen LogP contribution in [0.1, 0.15) is 38.8 Å². The molecule has 0 aliphatic carbocycles. The molecule has 1 aromatic rings. The van der Waals surface area contributed by atoms with Gasteiger partial charge in [-0.25, -0.2) is 0 Å². The van der Waals surface area contributed by atoms with Crippen LogP contribution in [0.2, 0.25) is 0 Å². The van der Waals surface area contributed by atoms with Crippen molar-refractivity contribution < 1.29 is 4.74 Å². The number of hydrogen-bond donors (Lipinski definition) is 1. The Balaban J connectivity index is 1.93. The first-order valence-corrected chi connectivity index (χ1v) is 7.61. The summed E-state index contributed by atoms with van der Waals surface area (Å²) in [6.07, 6.45) is 0. The Kier molecular flexibility index (Phi) is 5.19. The van der Waals surface area contributed by atoms with E-state index in [4.69, 9.17) is 4.74 Å². The SMILES string of the molecule is CC(C)NCc1ccc(CN2CCOCC2(C)C)cc1. The van der Waals surface area contributed by atoms with Crippen LogP contribution in [0, 0.1) is 0 Å². The van der Waals surface area contributed by atoms with Gasteiger partial charge >= 0.3 is 0 Å². The lowest BCUT2D eigenvalue weighted by Gasteiger charge is -2.42.